The van der Waals surface area contributed by atoms with E-state index in [0.717, 1.165) is 10.4 Å². The fourth-order valence-corrected chi connectivity index (χ4v) is 4.58. The summed E-state index contributed by atoms with van der Waals surface area (Å²) in [4.78, 5) is 31.4. The number of hydrogen-bond acceptors (Lipinski definition) is 6. The standard InChI is InChI=1S/C19H19F2N3O3S2/c1-9-10(2)28-16-14(9)17(26)24(4)19(23-16)29-11(3)15(25)22-12-5-7-13(8-6-12)27-18(20)21/h5-8,11,18H,1-4H3,(H,22,25). The third-order valence-electron chi connectivity index (χ3n) is 4.37. The Hall–Kier alpha value is -2.46. The van der Waals surface area contributed by atoms with Crippen LogP contribution in [0.1, 0.15) is 17.4 Å². The molecule has 10 heteroatoms. The molecular weight excluding hydrogens is 420 g/mol. The molecule has 2 aromatic heterocycles. The van der Waals surface area contributed by atoms with Crippen molar-refractivity contribution in [1.29, 1.82) is 0 Å². The maximum Gasteiger partial charge on any atom is 0.387 e. The Morgan fingerprint density at radius 3 is 2.55 bits per heavy atom. The number of thioether (sulfide) groups is 1. The van der Waals surface area contributed by atoms with Crippen molar-refractivity contribution in [2.45, 2.75) is 37.8 Å². The SMILES string of the molecule is Cc1sc2nc(SC(C)C(=O)Nc3ccc(OC(F)F)cc3)n(C)c(=O)c2c1C. The van der Waals surface area contributed by atoms with E-state index in [2.05, 4.69) is 15.0 Å². The number of hydrogen-bond donors (Lipinski definition) is 1. The van der Waals surface area contributed by atoms with Crippen molar-refractivity contribution in [1.82, 2.24) is 9.55 Å². The first-order valence-corrected chi connectivity index (χ1v) is 10.4. The van der Waals surface area contributed by atoms with E-state index in [1.807, 2.05) is 13.8 Å². The summed E-state index contributed by atoms with van der Waals surface area (Å²) in [6.45, 7) is 2.65. The second kappa shape index (κ2) is 8.50. The van der Waals surface area contributed by atoms with Crippen molar-refractivity contribution in [2.24, 2.45) is 7.05 Å². The number of halogens is 2. The van der Waals surface area contributed by atoms with Crippen LogP contribution in [0.5, 0.6) is 5.75 Å². The molecule has 0 saturated carbocycles. The Morgan fingerprint density at radius 1 is 1.28 bits per heavy atom. The van der Waals surface area contributed by atoms with Crippen molar-refractivity contribution >= 4 is 44.9 Å². The number of aryl methyl sites for hydroxylation is 2. The molecule has 0 bridgehead atoms. The van der Waals surface area contributed by atoms with Crippen LogP contribution in [0.25, 0.3) is 10.2 Å². The second-order valence-electron chi connectivity index (χ2n) is 6.37. The number of benzene rings is 1. The molecule has 2 heterocycles. The predicted molar refractivity (Wildman–Crippen MR) is 111 cm³/mol. The van der Waals surface area contributed by atoms with Crippen molar-refractivity contribution in [3.05, 3.63) is 45.1 Å². The summed E-state index contributed by atoms with van der Waals surface area (Å²) in [6, 6.07) is 5.65. The molecule has 0 saturated heterocycles. The summed E-state index contributed by atoms with van der Waals surface area (Å²) in [5.74, 6) is -0.292. The Balaban J connectivity index is 1.74. The normalized spacial score (nSPS) is 12.4. The lowest BCUT2D eigenvalue weighted by Gasteiger charge is -2.14. The van der Waals surface area contributed by atoms with Crippen molar-refractivity contribution in [3.8, 4) is 5.75 Å². The zero-order valence-electron chi connectivity index (χ0n) is 16.2. The molecule has 1 amide bonds. The first-order chi connectivity index (χ1) is 13.7. The van der Waals surface area contributed by atoms with E-state index >= 15 is 0 Å². The Bertz CT molecular complexity index is 1110. The van der Waals surface area contributed by atoms with Gasteiger partial charge >= 0.3 is 6.61 Å². The third-order valence-corrected chi connectivity index (χ3v) is 6.61. The minimum Gasteiger partial charge on any atom is -0.435 e. The number of anilines is 1. The van der Waals surface area contributed by atoms with Crippen LogP contribution in [0, 0.1) is 13.8 Å². The molecule has 3 aromatic rings. The summed E-state index contributed by atoms with van der Waals surface area (Å²) in [5.41, 5.74) is 1.24. The predicted octanol–water partition coefficient (Wildman–Crippen LogP) is 4.33. The summed E-state index contributed by atoms with van der Waals surface area (Å²) in [6.07, 6.45) is 0. The van der Waals surface area contributed by atoms with Crippen LogP contribution in [0.4, 0.5) is 14.5 Å². The first-order valence-electron chi connectivity index (χ1n) is 8.66. The Kier molecular flexibility index (Phi) is 6.23. The zero-order chi connectivity index (χ0) is 21.3. The van der Waals surface area contributed by atoms with Crippen LogP contribution in [0.15, 0.2) is 34.2 Å². The highest BCUT2D eigenvalue weighted by Crippen LogP contribution is 2.29. The lowest BCUT2D eigenvalue weighted by molar-refractivity contribution is -0.115. The summed E-state index contributed by atoms with van der Waals surface area (Å²) in [7, 11) is 1.63. The van der Waals surface area contributed by atoms with E-state index in [-0.39, 0.29) is 17.2 Å². The molecule has 0 aliphatic carbocycles. The molecule has 0 radical (unpaired) electrons. The largest absolute Gasteiger partial charge is 0.435 e. The molecule has 0 aliphatic heterocycles. The van der Waals surface area contributed by atoms with Gasteiger partial charge in [0.1, 0.15) is 10.6 Å². The van der Waals surface area contributed by atoms with E-state index < -0.39 is 11.9 Å². The quantitative estimate of drug-likeness (QED) is 0.457. The topological polar surface area (TPSA) is 73.2 Å². The highest BCUT2D eigenvalue weighted by atomic mass is 32.2. The van der Waals surface area contributed by atoms with Crippen LogP contribution >= 0.6 is 23.1 Å². The maximum atomic E-state index is 12.7. The summed E-state index contributed by atoms with van der Waals surface area (Å²) in [5, 5.41) is 3.24. The second-order valence-corrected chi connectivity index (χ2v) is 8.89. The number of aromatic nitrogens is 2. The zero-order valence-corrected chi connectivity index (χ0v) is 17.8. The molecule has 3 rings (SSSR count). The lowest BCUT2D eigenvalue weighted by Crippen LogP contribution is -2.25. The van der Waals surface area contributed by atoms with Gasteiger partial charge in [0.25, 0.3) is 5.56 Å². The van der Waals surface area contributed by atoms with Gasteiger partial charge in [-0.15, -0.1) is 11.3 Å². The molecule has 1 atom stereocenters. The van der Waals surface area contributed by atoms with Crippen LogP contribution in [0.3, 0.4) is 0 Å². The van der Waals surface area contributed by atoms with Gasteiger partial charge in [0, 0.05) is 17.6 Å². The van der Waals surface area contributed by atoms with E-state index in [1.54, 1.807) is 14.0 Å². The Labute approximate surface area is 173 Å². The van der Waals surface area contributed by atoms with Crippen LogP contribution in [0.2, 0.25) is 0 Å². The molecule has 0 spiro atoms. The van der Waals surface area contributed by atoms with E-state index in [4.69, 9.17) is 0 Å². The number of carbonyl (C=O) groups excluding carboxylic acids is 1. The van der Waals surface area contributed by atoms with Gasteiger partial charge in [-0.3, -0.25) is 14.2 Å². The van der Waals surface area contributed by atoms with Crippen LogP contribution in [-0.2, 0) is 11.8 Å². The fraction of sp³-hybridized carbons (Fsp3) is 0.316. The average molecular weight is 440 g/mol. The van der Waals surface area contributed by atoms with Gasteiger partial charge < -0.3 is 10.1 Å². The molecule has 29 heavy (non-hydrogen) atoms. The maximum absolute atomic E-state index is 12.7. The number of amides is 1. The Morgan fingerprint density at radius 2 is 1.93 bits per heavy atom. The molecule has 0 aliphatic rings. The van der Waals surface area contributed by atoms with Crippen molar-refractivity contribution in [3.63, 3.8) is 0 Å². The molecule has 1 N–H and O–H groups in total. The highest BCUT2D eigenvalue weighted by molar-refractivity contribution is 8.00. The number of ether oxygens (including phenoxy) is 1. The number of fused-ring (bicyclic) bond motifs is 1. The van der Waals surface area contributed by atoms with Gasteiger partial charge in [0.15, 0.2) is 5.16 Å². The first kappa shape index (κ1) is 21.3. The minimum atomic E-state index is -2.90. The number of alkyl halides is 2. The van der Waals surface area contributed by atoms with E-state index in [9.17, 15) is 18.4 Å². The molecule has 1 unspecified atom stereocenters. The van der Waals surface area contributed by atoms with Gasteiger partial charge in [-0.25, -0.2) is 4.98 Å². The van der Waals surface area contributed by atoms with Crippen LogP contribution in [-0.4, -0.2) is 27.3 Å². The minimum absolute atomic E-state index is 0.00876. The summed E-state index contributed by atoms with van der Waals surface area (Å²) >= 11 is 2.63. The fourth-order valence-electron chi connectivity index (χ4n) is 2.64. The van der Waals surface area contributed by atoms with E-state index in [0.29, 0.717) is 21.1 Å². The van der Waals surface area contributed by atoms with Crippen molar-refractivity contribution < 1.29 is 18.3 Å². The molecule has 1 aromatic carbocycles. The highest BCUT2D eigenvalue weighted by Gasteiger charge is 2.20. The lowest BCUT2D eigenvalue weighted by atomic mass is 10.2. The number of rotatable bonds is 6. The number of thiophene rings is 1. The molecule has 0 fully saturated rings. The van der Waals surface area contributed by atoms with Gasteiger partial charge in [-0.05, 0) is 50.6 Å². The third kappa shape index (κ3) is 4.59. The number of carbonyl (C=O) groups is 1. The molecule has 6 nitrogen and oxygen atoms in total. The smallest absolute Gasteiger partial charge is 0.387 e. The van der Waals surface area contributed by atoms with Gasteiger partial charge in [-0.1, -0.05) is 11.8 Å². The monoisotopic (exact) mass is 439 g/mol. The molecule has 154 valence electrons. The van der Waals surface area contributed by atoms with Gasteiger partial charge in [0.2, 0.25) is 5.91 Å². The summed E-state index contributed by atoms with van der Waals surface area (Å²) < 4.78 is 30.1. The number of nitrogens with zero attached hydrogens (tertiary/aromatic N) is 2. The molecular formula is C19H19F2N3O3S2. The van der Waals surface area contributed by atoms with E-state index in [1.165, 1.54) is 51.9 Å². The van der Waals surface area contributed by atoms with Gasteiger partial charge in [-0.2, -0.15) is 8.78 Å². The number of nitrogens with one attached hydrogen (secondary N) is 1. The van der Waals surface area contributed by atoms with Gasteiger partial charge in [0.05, 0.1) is 10.6 Å². The average Bonchev–Trinajstić information content (AvgIpc) is 2.94. The van der Waals surface area contributed by atoms with Crippen molar-refractivity contribution in [2.75, 3.05) is 5.32 Å². The van der Waals surface area contributed by atoms with Crippen LogP contribution < -0.4 is 15.6 Å².